The molecule has 0 bridgehead atoms. The van der Waals surface area contributed by atoms with Crippen LogP contribution < -0.4 is 5.32 Å². The molecule has 1 N–H and O–H groups in total. The van der Waals surface area contributed by atoms with E-state index in [0.29, 0.717) is 24.7 Å². The molecule has 2 heterocycles. The first kappa shape index (κ1) is 16.3. The number of benzene rings is 1. The first-order chi connectivity index (χ1) is 11.6. The molecule has 1 aromatic carbocycles. The Labute approximate surface area is 142 Å². The summed E-state index contributed by atoms with van der Waals surface area (Å²) in [4.78, 5) is 27.8. The van der Waals surface area contributed by atoms with Crippen molar-refractivity contribution in [2.45, 2.75) is 12.6 Å². The van der Waals surface area contributed by atoms with E-state index in [4.69, 9.17) is 11.6 Å². The van der Waals surface area contributed by atoms with Crippen LogP contribution >= 0.6 is 11.6 Å². The molecule has 0 spiro atoms. The molecule has 1 unspecified atom stereocenters. The van der Waals surface area contributed by atoms with Crippen molar-refractivity contribution in [2.24, 2.45) is 0 Å². The second kappa shape index (κ2) is 6.93. The topological polar surface area (TPSA) is 106 Å². The minimum atomic E-state index is -0.696. The zero-order valence-electron chi connectivity index (χ0n) is 12.6. The molecule has 126 valence electrons. The second-order valence-corrected chi connectivity index (χ2v) is 5.74. The van der Waals surface area contributed by atoms with Gasteiger partial charge >= 0.3 is 5.95 Å². The highest BCUT2D eigenvalue weighted by Crippen LogP contribution is 2.28. The smallest absolute Gasteiger partial charge is 0.390 e. The number of halogens is 1. The van der Waals surface area contributed by atoms with Gasteiger partial charge in [-0.15, -0.1) is 0 Å². The summed E-state index contributed by atoms with van der Waals surface area (Å²) in [6.07, 6.45) is 1.18. The second-order valence-electron chi connectivity index (χ2n) is 5.33. The number of piperazine rings is 1. The molecule has 1 fully saturated rings. The molecule has 24 heavy (non-hydrogen) atoms. The number of carbonyl (C=O) groups excluding carboxylic acids is 1. The van der Waals surface area contributed by atoms with Crippen LogP contribution in [0.1, 0.15) is 11.6 Å². The molecule has 1 aromatic heterocycles. The van der Waals surface area contributed by atoms with Gasteiger partial charge in [-0.05, 0) is 16.6 Å². The number of aromatic nitrogens is 3. The standard InChI is InChI=1S/C14H15ClN6O3/c15-11-4-2-1-3-10(11)12-7-16-5-6-20(12)13(22)8-19-9-17-14(18-19)21(23)24/h1-4,9,12,16H,5-8H2. The van der Waals surface area contributed by atoms with E-state index in [1.807, 2.05) is 18.2 Å². The van der Waals surface area contributed by atoms with Crippen molar-refractivity contribution < 1.29 is 9.72 Å². The van der Waals surface area contributed by atoms with Gasteiger partial charge in [-0.2, -0.15) is 4.68 Å². The van der Waals surface area contributed by atoms with Gasteiger partial charge in [-0.3, -0.25) is 4.79 Å². The summed E-state index contributed by atoms with van der Waals surface area (Å²) in [5.74, 6) is -0.716. The van der Waals surface area contributed by atoms with Gasteiger partial charge in [0.25, 0.3) is 0 Å². The highest BCUT2D eigenvalue weighted by Gasteiger charge is 2.30. The third-order valence-corrected chi connectivity index (χ3v) is 4.16. The maximum atomic E-state index is 12.6. The first-order valence-electron chi connectivity index (χ1n) is 7.34. The van der Waals surface area contributed by atoms with Crippen LogP contribution in [0.5, 0.6) is 0 Å². The molecule has 9 nitrogen and oxygen atoms in total. The SMILES string of the molecule is O=C(Cn1cnc([N+](=O)[O-])n1)N1CCNCC1c1ccccc1Cl. The van der Waals surface area contributed by atoms with Crippen molar-refractivity contribution in [3.63, 3.8) is 0 Å². The van der Waals surface area contributed by atoms with Crippen molar-refractivity contribution in [2.75, 3.05) is 19.6 Å². The van der Waals surface area contributed by atoms with Gasteiger partial charge in [-0.1, -0.05) is 34.8 Å². The molecular weight excluding hydrogens is 336 g/mol. The van der Waals surface area contributed by atoms with Crippen LogP contribution in [0.15, 0.2) is 30.6 Å². The van der Waals surface area contributed by atoms with Crippen molar-refractivity contribution in [1.29, 1.82) is 0 Å². The van der Waals surface area contributed by atoms with E-state index in [2.05, 4.69) is 15.4 Å². The number of amides is 1. The Morgan fingerprint density at radius 3 is 2.96 bits per heavy atom. The summed E-state index contributed by atoms with van der Waals surface area (Å²) < 4.78 is 1.17. The van der Waals surface area contributed by atoms with E-state index >= 15 is 0 Å². The Morgan fingerprint density at radius 2 is 2.25 bits per heavy atom. The number of nitrogens with one attached hydrogen (secondary N) is 1. The molecule has 1 aliphatic heterocycles. The Kier molecular flexibility index (Phi) is 4.72. The van der Waals surface area contributed by atoms with E-state index in [-0.39, 0.29) is 18.5 Å². The van der Waals surface area contributed by atoms with Gasteiger partial charge in [0.05, 0.1) is 6.04 Å². The summed E-state index contributed by atoms with van der Waals surface area (Å²) in [6.45, 7) is 1.67. The molecule has 0 aliphatic carbocycles. The minimum Gasteiger partial charge on any atom is -0.390 e. The fraction of sp³-hybridized carbons (Fsp3) is 0.357. The van der Waals surface area contributed by atoms with E-state index in [1.54, 1.807) is 11.0 Å². The monoisotopic (exact) mass is 350 g/mol. The largest absolute Gasteiger partial charge is 0.490 e. The Hall–Kier alpha value is -2.52. The van der Waals surface area contributed by atoms with Crippen molar-refractivity contribution in [1.82, 2.24) is 25.0 Å². The quantitative estimate of drug-likeness (QED) is 0.651. The van der Waals surface area contributed by atoms with Crippen LogP contribution in [0, 0.1) is 10.1 Å². The van der Waals surface area contributed by atoms with Gasteiger partial charge in [-0.25, -0.2) is 0 Å². The maximum Gasteiger partial charge on any atom is 0.490 e. The highest BCUT2D eigenvalue weighted by atomic mass is 35.5. The predicted octanol–water partition coefficient (Wildman–Crippen LogP) is 1.01. The fourth-order valence-electron chi connectivity index (χ4n) is 2.70. The molecular formula is C14H15ClN6O3. The predicted molar refractivity (Wildman–Crippen MR) is 85.5 cm³/mol. The van der Waals surface area contributed by atoms with Gasteiger partial charge in [0.1, 0.15) is 6.54 Å². The molecule has 1 atom stereocenters. The third-order valence-electron chi connectivity index (χ3n) is 3.81. The Morgan fingerprint density at radius 1 is 1.46 bits per heavy atom. The summed E-state index contributed by atoms with van der Waals surface area (Å²) in [5.41, 5.74) is 0.865. The van der Waals surface area contributed by atoms with Crippen LogP contribution in [0.4, 0.5) is 5.95 Å². The van der Waals surface area contributed by atoms with Gasteiger partial charge in [0.2, 0.25) is 12.2 Å². The average Bonchev–Trinajstić information content (AvgIpc) is 3.04. The number of rotatable bonds is 4. The number of nitrogens with zero attached hydrogens (tertiary/aromatic N) is 5. The summed E-state index contributed by atoms with van der Waals surface area (Å²) >= 11 is 6.26. The fourth-order valence-corrected chi connectivity index (χ4v) is 2.96. The lowest BCUT2D eigenvalue weighted by Gasteiger charge is -2.36. The highest BCUT2D eigenvalue weighted by molar-refractivity contribution is 6.31. The van der Waals surface area contributed by atoms with Crippen LogP contribution in [0.3, 0.4) is 0 Å². The number of nitro groups is 1. The van der Waals surface area contributed by atoms with Crippen LogP contribution in [-0.2, 0) is 11.3 Å². The molecule has 0 radical (unpaired) electrons. The maximum absolute atomic E-state index is 12.6. The molecule has 10 heteroatoms. The van der Waals surface area contributed by atoms with E-state index < -0.39 is 10.9 Å². The lowest BCUT2D eigenvalue weighted by atomic mass is 10.0. The van der Waals surface area contributed by atoms with E-state index in [1.165, 1.54) is 11.0 Å². The number of hydrogen-bond donors (Lipinski definition) is 1. The van der Waals surface area contributed by atoms with Crippen molar-refractivity contribution in [3.8, 4) is 0 Å². The Bertz CT molecular complexity index is 764. The van der Waals surface area contributed by atoms with Crippen molar-refractivity contribution >= 4 is 23.5 Å². The van der Waals surface area contributed by atoms with Crippen LogP contribution in [0.25, 0.3) is 0 Å². The molecule has 3 rings (SSSR count). The van der Waals surface area contributed by atoms with Gasteiger partial charge in [0, 0.05) is 29.8 Å². The number of hydrogen-bond acceptors (Lipinski definition) is 6. The molecule has 1 aliphatic rings. The van der Waals surface area contributed by atoms with Crippen LogP contribution in [-0.4, -0.2) is 50.1 Å². The molecule has 0 saturated carbocycles. The van der Waals surface area contributed by atoms with Crippen LogP contribution in [0.2, 0.25) is 5.02 Å². The molecule has 1 saturated heterocycles. The zero-order valence-corrected chi connectivity index (χ0v) is 13.4. The first-order valence-corrected chi connectivity index (χ1v) is 7.72. The summed E-state index contributed by atoms with van der Waals surface area (Å²) in [6, 6.07) is 7.19. The lowest BCUT2D eigenvalue weighted by Crippen LogP contribution is -2.49. The summed E-state index contributed by atoms with van der Waals surface area (Å²) in [5, 5.41) is 18.2. The Balaban J connectivity index is 1.78. The molecule has 2 aromatic rings. The van der Waals surface area contributed by atoms with E-state index in [9.17, 15) is 14.9 Å². The van der Waals surface area contributed by atoms with E-state index in [0.717, 1.165) is 5.56 Å². The third kappa shape index (κ3) is 3.36. The molecule has 1 amide bonds. The van der Waals surface area contributed by atoms with Gasteiger partial charge < -0.3 is 20.3 Å². The normalized spacial score (nSPS) is 17.7. The number of carbonyl (C=O) groups is 1. The average molecular weight is 351 g/mol. The summed E-state index contributed by atoms with van der Waals surface area (Å²) in [7, 11) is 0. The zero-order chi connectivity index (χ0) is 17.1. The van der Waals surface area contributed by atoms with Gasteiger partial charge in [0.15, 0.2) is 0 Å². The minimum absolute atomic E-state index is 0.109. The lowest BCUT2D eigenvalue weighted by molar-refractivity contribution is -0.394. The van der Waals surface area contributed by atoms with Crippen molar-refractivity contribution in [3.05, 3.63) is 51.3 Å².